The molecule has 178 valence electrons. The monoisotopic (exact) mass is 473 g/mol. The number of methoxy groups -OCH3 is 1. The zero-order valence-corrected chi connectivity index (χ0v) is 21.7. The number of nitrogens with zero attached hydrogens (tertiary/aromatic N) is 1. The number of ether oxygens (including phenoxy) is 1. The lowest BCUT2D eigenvalue weighted by Crippen LogP contribution is -2.64. The Bertz CT molecular complexity index is 1070. The maximum Gasteiger partial charge on any atom is 0.338 e. The average Bonchev–Trinajstić information content (AvgIpc) is 2.86. The number of carbonyl (C=O) groups excluding carboxylic acids is 1. The van der Waals surface area contributed by atoms with Crippen LogP contribution in [-0.4, -0.2) is 39.4 Å². The molecule has 0 spiro atoms. The van der Waals surface area contributed by atoms with Crippen molar-refractivity contribution in [2.24, 2.45) is 0 Å². The molecule has 0 fully saturated rings. The van der Waals surface area contributed by atoms with E-state index in [0.29, 0.717) is 18.7 Å². The minimum absolute atomic E-state index is 0.103. The van der Waals surface area contributed by atoms with Crippen LogP contribution < -0.4 is 10.4 Å². The highest BCUT2D eigenvalue weighted by Gasteiger charge is 2.47. The molecule has 0 saturated heterocycles. The van der Waals surface area contributed by atoms with Crippen molar-refractivity contribution in [1.29, 1.82) is 0 Å². The number of hydroxylamine groups is 2. The summed E-state index contributed by atoms with van der Waals surface area (Å²) in [4.78, 5) is 18.7. The predicted molar refractivity (Wildman–Crippen MR) is 140 cm³/mol. The Kier molecular flexibility index (Phi) is 7.36. The van der Waals surface area contributed by atoms with Crippen molar-refractivity contribution in [2.45, 2.75) is 44.8 Å². The molecule has 0 atom stereocenters. The summed E-state index contributed by atoms with van der Waals surface area (Å²) >= 11 is 0. The van der Waals surface area contributed by atoms with E-state index in [0.717, 1.165) is 24.6 Å². The second-order valence-electron chi connectivity index (χ2n) is 10.0. The smallest absolute Gasteiger partial charge is 0.338 e. The summed E-state index contributed by atoms with van der Waals surface area (Å²) in [5.41, 5.74) is 2.86. The van der Waals surface area contributed by atoms with Crippen LogP contribution in [0.3, 0.4) is 0 Å². The molecule has 3 aromatic rings. The van der Waals surface area contributed by atoms with Gasteiger partial charge in [-0.15, -0.1) is 0 Å². The molecule has 1 heterocycles. The molecule has 4 nitrogen and oxygen atoms in total. The normalized spacial score (nSPS) is 14.5. The summed E-state index contributed by atoms with van der Waals surface area (Å²) in [5, 5.41) is 5.00. The van der Waals surface area contributed by atoms with Gasteiger partial charge in [0.1, 0.15) is 8.07 Å². The van der Waals surface area contributed by atoms with Crippen LogP contribution in [0.15, 0.2) is 78.9 Å². The number of esters is 1. The highest BCUT2D eigenvalue weighted by Crippen LogP contribution is 2.38. The summed E-state index contributed by atoms with van der Waals surface area (Å²) in [6.45, 7) is 9.18. The molecule has 0 unspecified atom stereocenters. The molecule has 0 amide bonds. The fourth-order valence-corrected chi connectivity index (χ4v) is 10.8. The van der Waals surface area contributed by atoms with Gasteiger partial charge in [-0.25, -0.2) is 4.79 Å². The van der Waals surface area contributed by atoms with Gasteiger partial charge < -0.3 is 4.74 Å². The van der Waals surface area contributed by atoms with Crippen molar-refractivity contribution in [3.63, 3.8) is 0 Å². The van der Waals surface area contributed by atoms with Gasteiger partial charge >= 0.3 is 5.97 Å². The van der Waals surface area contributed by atoms with Gasteiger partial charge in [-0.3, -0.25) is 4.84 Å². The molecule has 0 N–H and O–H groups in total. The van der Waals surface area contributed by atoms with E-state index in [2.05, 4.69) is 87.5 Å². The van der Waals surface area contributed by atoms with E-state index in [1.165, 1.54) is 23.0 Å². The summed E-state index contributed by atoms with van der Waals surface area (Å²) in [6.07, 6.45) is 0.860. The minimum atomic E-state index is -2.17. The lowest BCUT2D eigenvalue weighted by molar-refractivity contribution is -0.165. The minimum Gasteiger partial charge on any atom is -0.465 e. The Hall–Kier alpha value is -2.73. The second-order valence-corrected chi connectivity index (χ2v) is 15.0. The summed E-state index contributed by atoms with van der Waals surface area (Å²) in [7, 11) is -0.733. The van der Waals surface area contributed by atoms with Crippen LogP contribution in [0.5, 0.6) is 0 Å². The molecule has 0 aromatic heterocycles. The van der Waals surface area contributed by atoms with Crippen molar-refractivity contribution in [1.82, 2.24) is 5.06 Å². The van der Waals surface area contributed by atoms with Crippen LogP contribution in [0.25, 0.3) is 0 Å². The van der Waals surface area contributed by atoms with Crippen LogP contribution in [0.2, 0.25) is 11.1 Å². The van der Waals surface area contributed by atoms with Crippen molar-refractivity contribution >= 4 is 24.4 Å². The summed E-state index contributed by atoms with van der Waals surface area (Å²) in [6, 6.07) is 28.8. The van der Waals surface area contributed by atoms with Crippen molar-refractivity contribution in [3.05, 3.63) is 95.6 Å². The van der Waals surface area contributed by atoms with Crippen molar-refractivity contribution < 1.29 is 14.4 Å². The molecule has 5 heteroatoms. The third-order valence-electron chi connectivity index (χ3n) is 7.21. The Morgan fingerprint density at radius 1 is 0.912 bits per heavy atom. The molecule has 0 bridgehead atoms. The number of hydrogen-bond donors (Lipinski definition) is 0. The topological polar surface area (TPSA) is 38.8 Å². The van der Waals surface area contributed by atoms with E-state index in [-0.39, 0.29) is 11.0 Å². The van der Waals surface area contributed by atoms with Gasteiger partial charge in [0.2, 0.25) is 0 Å². The van der Waals surface area contributed by atoms with Crippen LogP contribution in [0.4, 0.5) is 0 Å². The van der Waals surface area contributed by atoms with Crippen LogP contribution >= 0.6 is 0 Å². The van der Waals surface area contributed by atoms with E-state index in [4.69, 9.17) is 9.57 Å². The summed E-state index contributed by atoms with van der Waals surface area (Å²) in [5.74, 6) is -0.286. The van der Waals surface area contributed by atoms with Crippen LogP contribution in [0.1, 0.15) is 42.3 Å². The van der Waals surface area contributed by atoms with Crippen LogP contribution in [0, 0.1) is 0 Å². The average molecular weight is 474 g/mol. The number of carbonyl (C=O) groups is 1. The summed E-state index contributed by atoms with van der Waals surface area (Å²) < 4.78 is 5.01. The largest absolute Gasteiger partial charge is 0.465 e. The first-order valence-electron chi connectivity index (χ1n) is 12.0. The fraction of sp³-hybridized carbons (Fsp3) is 0.345. The van der Waals surface area contributed by atoms with E-state index in [9.17, 15) is 4.79 Å². The molecule has 0 saturated carbocycles. The molecular formula is C29H35NO3Si. The number of hydrogen-bond acceptors (Lipinski definition) is 4. The lowest BCUT2D eigenvalue weighted by Gasteiger charge is -2.44. The van der Waals surface area contributed by atoms with Crippen LogP contribution in [-0.2, 0) is 22.5 Å². The zero-order valence-electron chi connectivity index (χ0n) is 20.7. The SMILES string of the molecule is COC(=O)c1cccc2c1CN(OCC[Si](c1ccccc1)(c1ccccc1)C(C)(C)C)CC2. The van der Waals surface area contributed by atoms with Gasteiger partial charge in [0.05, 0.1) is 25.8 Å². The second kappa shape index (κ2) is 10.3. The standard InChI is InChI=1S/C29H35NO3Si/c1-29(2,3)34(24-13-7-5-8-14-24,25-15-9-6-10-16-25)21-20-33-30-19-18-23-12-11-17-26(27(23)22-30)28(31)32-4/h5-17H,18-22H2,1-4H3. The van der Waals surface area contributed by atoms with Gasteiger partial charge in [-0.1, -0.05) is 104 Å². The third kappa shape index (κ3) is 4.74. The number of benzene rings is 3. The van der Waals surface area contributed by atoms with Gasteiger partial charge in [-0.2, -0.15) is 5.06 Å². The first-order valence-corrected chi connectivity index (χ1v) is 14.3. The van der Waals surface area contributed by atoms with Gasteiger partial charge in [0.25, 0.3) is 0 Å². The first-order chi connectivity index (χ1) is 16.4. The maximum atomic E-state index is 12.3. The lowest BCUT2D eigenvalue weighted by atomic mass is 9.96. The highest BCUT2D eigenvalue weighted by atomic mass is 28.3. The number of rotatable bonds is 7. The molecule has 1 aliphatic heterocycles. The fourth-order valence-electron chi connectivity index (χ4n) is 5.44. The third-order valence-corrected chi connectivity index (χ3v) is 13.4. The zero-order chi connectivity index (χ0) is 24.2. The molecule has 34 heavy (non-hydrogen) atoms. The molecule has 0 aliphatic carbocycles. The van der Waals surface area contributed by atoms with E-state index >= 15 is 0 Å². The Balaban J connectivity index is 1.58. The van der Waals surface area contributed by atoms with Crippen molar-refractivity contribution in [2.75, 3.05) is 20.3 Å². The van der Waals surface area contributed by atoms with Crippen molar-refractivity contribution in [3.8, 4) is 0 Å². The van der Waals surface area contributed by atoms with Gasteiger partial charge in [0.15, 0.2) is 0 Å². The Morgan fingerprint density at radius 2 is 1.53 bits per heavy atom. The van der Waals surface area contributed by atoms with Gasteiger partial charge in [0, 0.05) is 6.54 Å². The van der Waals surface area contributed by atoms with Gasteiger partial charge in [-0.05, 0) is 34.7 Å². The molecule has 0 radical (unpaired) electrons. The molecule has 1 aliphatic rings. The quantitative estimate of drug-likeness (QED) is 0.364. The molecule has 3 aromatic carbocycles. The number of fused-ring (bicyclic) bond motifs is 1. The predicted octanol–water partition coefficient (Wildman–Crippen LogP) is 4.83. The van der Waals surface area contributed by atoms with E-state index in [1.807, 2.05) is 17.2 Å². The Labute approximate surface area is 204 Å². The van der Waals surface area contributed by atoms with E-state index < -0.39 is 8.07 Å². The van der Waals surface area contributed by atoms with E-state index in [1.54, 1.807) is 0 Å². The molecule has 4 rings (SSSR count). The highest BCUT2D eigenvalue weighted by molar-refractivity contribution is 7.04. The molecular weight excluding hydrogens is 438 g/mol. The Morgan fingerprint density at radius 3 is 2.09 bits per heavy atom. The maximum absolute atomic E-state index is 12.3. The first kappa shape index (κ1) is 24.4.